The molecule has 2 N–H and O–H groups in total. The molecule has 1 saturated heterocycles. The Hall–Kier alpha value is -2.93. The Balaban J connectivity index is 1.17. The maximum atomic E-state index is 12.7. The number of morpholine rings is 1. The molecule has 1 saturated carbocycles. The Bertz CT molecular complexity index is 950. The van der Waals surface area contributed by atoms with Gasteiger partial charge in [-0.25, -0.2) is 0 Å². The van der Waals surface area contributed by atoms with E-state index in [-0.39, 0.29) is 5.91 Å². The predicted octanol–water partition coefficient (Wildman–Crippen LogP) is 4.39. The Morgan fingerprint density at radius 2 is 1.62 bits per heavy atom. The minimum absolute atomic E-state index is 0.0921. The van der Waals surface area contributed by atoms with Crippen molar-refractivity contribution in [1.29, 1.82) is 0 Å². The van der Waals surface area contributed by atoms with Gasteiger partial charge in [-0.3, -0.25) is 4.79 Å². The normalized spacial score (nSPS) is 20.1. The van der Waals surface area contributed by atoms with Gasteiger partial charge < -0.3 is 29.7 Å². The van der Waals surface area contributed by atoms with Crippen LogP contribution in [0.3, 0.4) is 0 Å². The standard InChI is InChI=1S/C25H31N3O4/c1-18(24(29)27-19-5-8-21(9-6-19)28-13-15-30-16-14-28)26-20-7-10-22-23(17-20)32-25(31-22)11-3-2-4-12-25/h5-10,17-18,26H,2-4,11-16H2,1H3,(H,27,29). The van der Waals surface area contributed by atoms with E-state index in [0.29, 0.717) is 0 Å². The average Bonchev–Trinajstić information content (AvgIpc) is 3.17. The van der Waals surface area contributed by atoms with Crippen LogP contribution in [0, 0.1) is 0 Å². The minimum Gasteiger partial charge on any atom is -0.448 e. The van der Waals surface area contributed by atoms with E-state index in [0.717, 1.165) is 80.5 Å². The first kappa shape index (κ1) is 20.9. The lowest BCUT2D eigenvalue weighted by Gasteiger charge is -2.31. The van der Waals surface area contributed by atoms with Gasteiger partial charge in [0, 0.05) is 49.1 Å². The first-order chi connectivity index (χ1) is 15.6. The number of carbonyl (C=O) groups is 1. The summed E-state index contributed by atoms with van der Waals surface area (Å²) in [5.74, 6) is 0.957. The number of hydrogen-bond donors (Lipinski definition) is 2. The highest BCUT2D eigenvalue weighted by molar-refractivity contribution is 5.96. The summed E-state index contributed by atoms with van der Waals surface area (Å²) in [5, 5.41) is 6.27. The smallest absolute Gasteiger partial charge is 0.251 e. The molecule has 5 rings (SSSR count). The van der Waals surface area contributed by atoms with E-state index < -0.39 is 11.8 Å². The third-order valence-corrected chi connectivity index (χ3v) is 6.44. The summed E-state index contributed by atoms with van der Waals surface area (Å²) >= 11 is 0. The fraction of sp³-hybridized carbons (Fsp3) is 0.480. The van der Waals surface area contributed by atoms with Crippen molar-refractivity contribution in [3.8, 4) is 11.5 Å². The second-order valence-electron chi connectivity index (χ2n) is 8.84. The highest BCUT2D eigenvalue weighted by Gasteiger charge is 2.42. The highest BCUT2D eigenvalue weighted by Crippen LogP contribution is 2.46. The molecular formula is C25H31N3O4. The van der Waals surface area contributed by atoms with Gasteiger partial charge in [0.15, 0.2) is 11.5 Å². The topological polar surface area (TPSA) is 72.1 Å². The number of rotatable bonds is 5. The van der Waals surface area contributed by atoms with Gasteiger partial charge in [-0.05, 0) is 56.2 Å². The number of hydrogen-bond acceptors (Lipinski definition) is 6. The van der Waals surface area contributed by atoms with Crippen LogP contribution in [-0.4, -0.2) is 44.0 Å². The second-order valence-corrected chi connectivity index (χ2v) is 8.84. The van der Waals surface area contributed by atoms with Crippen molar-refractivity contribution in [2.45, 2.75) is 50.9 Å². The van der Waals surface area contributed by atoms with Gasteiger partial charge in [-0.15, -0.1) is 0 Å². The summed E-state index contributed by atoms with van der Waals surface area (Å²) in [6, 6.07) is 13.4. The molecule has 0 aromatic heterocycles. The van der Waals surface area contributed by atoms with Crippen molar-refractivity contribution in [3.05, 3.63) is 42.5 Å². The van der Waals surface area contributed by atoms with Gasteiger partial charge in [0.2, 0.25) is 5.91 Å². The molecule has 1 amide bonds. The van der Waals surface area contributed by atoms with Crippen LogP contribution in [0.4, 0.5) is 17.1 Å². The van der Waals surface area contributed by atoms with E-state index in [1.165, 1.54) is 6.42 Å². The Morgan fingerprint density at radius 3 is 2.38 bits per heavy atom. The van der Waals surface area contributed by atoms with E-state index in [9.17, 15) is 4.79 Å². The molecule has 7 heteroatoms. The highest BCUT2D eigenvalue weighted by atomic mass is 16.7. The van der Waals surface area contributed by atoms with E-state index in [4.69, 9.17) is 14.2 Å². The molecular weight excluding hydrogens is 406 g/mol. The molecule has 32 heavy (non-hydrogen) atoms. The van der Waals surface area contributed by atoms with Crippen LogP contribution in [0.5, 0.6) is 11.5 Å². The van der Waals surface area contributed by atoms with E-state index in [1.807, 2.05) is 49.4 Å². The number of carbonyl (C=O) groups excluding carboxylic acids is 1. The monoisotopic (exact) mass is 437 g/mol. The molecule has 1 spiro atoms. The molecule has 170 valence electrons. The largest absolute Gasteiger partial charge is 0.448 e. The maximum Gasteiger partial charge on any atom is 0.251 e. The Morgan fingerprint density at radius 1 is 0.938 bits per heavy atom. The number of nitrogens with one attached hydrogen (secondary N) is 2. The lowest BCUT2D eigenvalue weighted by Crippen LogP contribution is -2.40. The summed E-state index contributed by atoms with van der Waals surface area (Å²) < 4.78 is 17.7. The van der Waals surface area contributed by atoms with Gasteiger partial charge in [0.05, 0.1) is 13.2 Å². The third-order valence-electron chi connectivity index (χ3n) is 6.44. The molecule has 2 heterocycles. The van der Waals surface area contributed by atoms with Crippen molar-refractivity contribution >= 4 is 23.0 Å². The number of amides is 1. The van der Waals surface area contributed by atoms with Crippen LogP contribution in [0.1, 0.15) is 39.0 Å². The van der Waals surface area contributed by atoms with Gasteiger partial charge in [0.1, 0.15) is 6.04 Å². The second kappa shape index (κ2) is 8.90. The molecule has 3 aliphatic rings. The number of fused-ring (bicyclic) bond motifs is 1. The van der Waals surface area contributed by atoms with Crippen molar-refractivity contribution in [3.63, 3.8) is 0 Å². The maximum absolute atomic E-state index is 12.7. The molecule has 2 fully saturated rings. The summed E-state index contributed by atoms with van der Waals surface area (Å²) in [4.78, 5) is 15.0. The van der Waals surface area contributed by atoms with E-state index >= 15 is 0 Å². The van der Waals surface area contributed by atoms with Crippen LogP contribution in [0.2, 0.25) is 0 Å². The first-order valence-electron chi connectivity index (χ1n) is 11.6. The Labute approximate surface area is 189 Å². The summed E-state index contributed by atoms with van der Waals surface area (Å²) in [6.07, 6.45) is 5.34. The molecule has 2 aromatic carbocycles. The predicted molar refractivity (Wildman–Crippen MR) is 125 cm³/mol. The Kier molecular flexibility index (Phi) is 5.83. The lowest BCUT2D eigenvalue weighted by atomic mass is 9.94. The SMILES string of the molecule is CC(Nc1ccc2c(c1)OC1(CCCCC1)O2)C(=O)Nc1ccc(N2CCOCC2)cc1. The number of ether oxygens (including phenoxy) is 3. The molecule has 0 bridgehead atoms. The minimum atomic E-state index is -0.490. The zero-order valence-electron chi connectivity index (χ0n) is 18.6. The molecule has 1 aliphatic carbocycles. The molecule has 2 aliphatic heterocycles. The van der Waals surface area contributed by atoms with Gasteiger partial charge >= 0.3 is 0 Å². The molecule has 1 unspecified atom stereocenters. The van der Waals surface area contributed by atoms with Crippen LogP contribution in [0.25, 0.3) is 0 Å². The summed E-state index contributed by atoms with van der Waals surface area (Å²) in [5.41, 5.74) is 2.77. The van der Waals surface area contributed by atoms with Crippen molar-refractivity contribution in [2.75, 3.05) is 41.8 Å². The fourth-order valence-corrected chi connectivity index (χ4v) is 4.62. The molecule has 0 radical (unpaired) electrons. The molecule has 7 nitrogen and oxygen atoms in total. The van der Waals surface area contributed by atoms with Gasteiger partial charge in [0.25, 0.3) is 5.79 Å². The van der Waals surface area contributed by atoms with Gasteiger partial charge in [-0.2, -0.15) is 0 Å². The van der Waals surface area contributed by atoms with E-state index in [2.05, 4.69) is 15.5 Å². The zero-order chi connectivity index (χ0) is 22.0. The number of anilines is 3. The van der Waals surface area contributed by atoms with E-state index in [1.54, 1.807) is 0 Å². The molecule has 1 atom stereocenters. The van der Waals surface area contributed by atoms with Gasteiger partial charge in [-0.1, -0.05) is 6.42 Å². The third kappa shape index (κ3) is 4.48. The zero-order valence-corrected chi connectivity index (χ0v) is 18.6. The number of nitrogens with zero attached hydrogens (tertiary/aromatic N) is 1. The van der Waals surface area contributed by atoms with Crippen molar-refractivity contribution in [2.24, 2.45) is 0 Å². The molecule has 2 aromatic rings. The summed E-state index contributed by atoms with van der Waals surface area (Å²) in [7, 11) is 0. The lowest BCUT2D eigenvalue weighted by molar-refractivity contribution is -0.116. The quantitative estimate of drug-likeness (QED) is 0.723. The van der Waals surface area contributed by atoms with Crippen LogP contribution < -0.4 is 25.0 Å². The van der Waals surface area contributed by atoms with Crippen molar-refractivity contribution in [1.82, 2.24) is 0 Å². The fourth-order valence-electron chi connectivity index (χ4n) is 4.62. The van der Waals surface area contributed by atoms with Crippen LogP contribution >= 0.6 is 0 Å². The first-order valence-corrected chi connectivity index (χ1v) is 11.6. The number of benzene rings is 2. The average molecular weight is 438 g/mol. The summed E-state index contributed by atoms with van der Waals surface area (Å²) in [6.45, 7) is 5.14. The van der Waals surface area contributed by atoms with Crippen LogP contribution in [0.15, 0.2) is 42.5 Å². The van der Waals surface area contributed by atoms with Crippen molar-refractivity contribution < 1.29 is 19.0 Å². The van der Waals surface area contributed by atoms with Crippen LogP contribution in [-0.2, 0) is 9.53 Å².